The van der Waals surface area contributed by atoms with Gasteiger partial charge in [0.1, 0.15) is 0 Å². The molecule has 1 unspecified atom stereocenters. The first-order chi connectivity index (χ1) is 6.70. The Morgan fingerprint density at radius 3 is 2.50 bits per heavy atom. The fraction of sp³-hybridized carbons (Fsp3) is 1.00. The molecule has 0 aromatic rings. The van der Waals surface area contributed by atoms with Crippen LogP contribution in [-0.2, 0) is 4.74 Å². The number of hydrogen-bond donors (Lipinski definition) is 1. The largest absolute Gasteiger partial charge is 0.380 e. The molecule has 0 amide bonds. The molecule has 0 radical (unpaired) electrons. The minimum Gasteiger partial charge on any atom is -0.380 e. The maximum absolute atomic E-state index is 5.26. The first-order valence-corrected chi connectivity index (χ1v) is 6.01. The Kier molecular flexibility index (Phi) is 3.13. The van der Waals surface area contributed by atoms with Gasteiger partial charge in [-0.1, -0.05) is 19.8 Å². The third-order valence-electron chi connectivity index (χ3n) is 3.86. The van der Waals surface area contributed by atoms with Crippen molar-refractivity contribution in [2.75, 3.05) is 19.8 Å². The topological polar surface area (TPSA) is 21.3 Å². The van der Waals surface area contributed by atoms with E-state index >= 15 is 0 Å². The molecular weight excluding hydrogens is 174 g/mol. The van der Waals surface area contributed by atoms with Crippen molar-refractivity contribution in [2.24, 2.45) is 11.3 Å². The summed E-state index contributed by atoms with van der Waals surface area (Å²) in [5, 5.41) is 3.69. The van der Waals surface area contributed by atoms with Gasteiger partial charge in [0.25, 0.3) is 0 Å². The molecule has 1 N–H and O–H groups in total. The quantitative estimate of drug-likeness (QED) is 0.746. The second-order valence-corrected chi connectivity index (χ2v) is 5.52. The van der Waals surface area contributed by atoms with E-state index in [1.165, 1.54) is 25.7 Å². The molecule has 2 rings (SSSR count). The minimum absolute atomic E-state index is 0.423. The summed E-state index contributed by atoms with van der Waals surface area (Å²) in [5.41, 5.74) is 0.423. The van der Waals surface area contributed by atoms with E-state index in [1.54, 1.807) is 0 Å². The van der Waals surface area contributed by atoms with Crippen molar-refractivity contribution in [3.05, 3.63) is 0 Å². The third kappa shape index (κ3) is 2.29. The highest BCUT2D eigenvalue weighted by Crippen LogP contribution is 2.29. The molecule has 0 spiro atoms. The van der Waals surface area contributed by atoms with Crippen LogP contribution in [0, 0.1) is 11.3 Å². The Bertz CT molecular complexity index is 183. The van der Waals surface area contributed by atoms with Crippen molar-refractivity contribution in [3.63, 3.8) is 0 Å². The highest BCUT2D eigenvalue weighted by Gasteiger charge is 2.34. The van der Waals surface area contributed by atoms with E-state index in [9.17, 15) is 0 Å². The monoisotopic (exact) mass is 197 g/mol. The van der Waals surface area contributed by atoms with Crippen LogP contribution >= 0.6 is 0 Å². The zero-order valence-corrected chi connectivity index (χ0v) is 9.51. The predicted octanol–water partition coefficient (Wildman–Crippen LogP) is 2.19. The highest BCUT2D eigenvalue weighted by atomic mass is 16.5. The van der Waals surface area contributed by atoms with E-state index in [2.05, 4.69) is 19.2 Å². The third-order valence-corrected chi connectivity index (χ3v) is 3.86. The van der Waals surface area contributed by atoms with Crippen LogP contribution < -0.4 is 5.32 Å². The molecule has 14 heavy (non-hydrogen) atoms. The number of ether oxygens (including phenoxy) is 1. The molecule has 2 aliphatic rings. The van der Waals surface area contributed by atoms with Gasteiger partial charge in [0.05, 0.1) is 13.2 Å². The van der Waals surface area contributed by atoms with Crippen molar-refractivity contribution < 1.29 is 4.74 Å². The lowest BCUT2D eigenvalue weighted by Gasteiger charge is -2.39. The Morgan fingerprint density at radius 1 is 1.36 bits per heavy atom. The summed E-state index contributed by atoms with van der Waals surface area (Å²) < 4.78 is 5.26. The molecule has 2 heteroatoms. The van der Waals surface area contributed by atoms with Crippen LogP contribution in [0.25, 0.3) is 0 Å². The van der Waals surface area contributed by atoms with Gasteiger partial charge in [0.15, 0.2) is 0 Å². The molecule has 1 saturated heterocycles. The maximum Gasteiger partial charge on any atom is 0.0554 e. The fourth-order valence-electron chi connectivity index (χ4n) is 2.58. The van der Waals surface area contributed by atoms with Crippen molar-refractivity contribution in [1.82, 2.24) is 5.32 Å². The van der Waals surface area contributed by atoms with Crippen LogP contribution in [0.15, 0.2) is 0 Å². The molecule has 1 atom stereocenters. The summed E-state index contributed by atoms with van der Waals surface area (Å²) in [5.74, 6) is 0.930. The molecule has 2 fully saturated rings. The van der Waals surface area contributed by atoms with Crippen molar-refractivity contribution in [1.29, 1.82) is 0 Å². The van der Waals surface area contributed by atoms with Gasteiger partial charge < -0.3 is 10.1 Å². The van der Waals surface area contributed by atoms with Crippen molar-refractivity contribution in [3.8, 4) is 0 Å². The van der Waals surface area contributed by atoms with Crippen LogP contribution in [0.4, 0.5) is 0 Å². The molecule has 0 aromatic carbocycles. The Balaban J connectivity index is 1.68. The first kappa shape index (κ1) is 10.4. The fourth-order valence-corrected chi connectivity index (χ4v) is 2.58. The lowest BCUT2D eigenvalue weighted by atomic mass is 9.88. The lowest BCUT2D eigenvalue weighted by molar-refractivity contribution is -0.100. The van der Waals surface area contributed by atoms with E-state index in [0.717, 1.165) is 25.7 Å². The zero-order chi connectivity index (χ0) is 10.0. The average Bonchev–Trinajstić information content (AvgIpc) is 2.63. The van der Waals surface area contributed by atoms with Crippen molar-refractivity contribution >= 4 is 0 Å². The number of hydrogen-bond acceptors (Lipinski definition) is 2. The lowest BCUT2D eigenvalue weighted by Crippen LogP contribution is -2.50. The van der Waals surface area contributed by atoms with Gasteiger partial charge in [-0.25, -0.2) is 0 Å². The van der Waals surface area contributed by atoms with E-state index in [-0.39, 0.29) is 0 Å². The van der Waals surface area contributed by atoms with Gasteiger partial charge >= 0.3 is 0 Å². The SMILES string of the molecule is CC(NCC1(C)COC1)C1CCCC1. The molecule has 2 nitrogen and oxygen atoms in total. The molecule has 1 heterocycles. The number of nitrogens with one attached hydrogen (secondary N) is 1. The summed E-state index contributed by atoms with van der Waals surface area (Å²) in [6.07, 6.45) is 5.75. The molecule has 82 valence electrons. The summed E-state index contributed by atoms with van der Waals surface area (Å²) in [4.78, 5) is 0. The summed E-state index contributed by atoms with van der Waals surface area (Å²) in [6, 6.07) is 0.704. The molecule has 0 bridgehead atoms. The Morgan fingerprint density at radius 2 is 2.00 bits per heavy atom. The normalized spacial score (nSPS) is 28.7. The average molecular weight is 197 g/mol. The maximum atomic E-state index is 5.26. The van der Waals surface area contributed by atoms with Gasteiger partial charge in [-0.3, -0.25) is 0 Å². The molecule has 0 aromatic heterocycles. The van der Waals surface area contributed by atoms with Gasteiger partial charge in [0.2, 0.25) is 0 Å². The van der Waals surface area contributed by atoms with Gasteiger partial charge in [-0.05, 0) is 25.7 Å². The van der Waals surface area contributed by atoms with E-state index in [0.29, 0.717) is 11.5 Å². The summed E-state index contributed by atoms with van der Waals surface area (Å²) in [6.45, 7) is 7.67. The molecular formula is C12H23NO. The van der Waals surface area contributed by atoms with Crippen LogP contribution in [0.1, 0.15) is 39.5 Å². The van der Waals surface area contributed by atoms with E-state index in [4.69, 9.17) is 4.74 Å². The van der Waals surface area contributed by atoms with Crippen LogP contribution in [0.2, 0.25) is 0 Å². The van der Waals surface area contributed by atoms with Gasteiger partial charge in [-0.2, -0.15) is 0 Å². The molecule has 1 saturated carbocycles. The zero-order valence-electron chi connectivity index (χ0n) is 9.51. The second kappa shape index (κ2) is 4.19. The van der Waals surface area contributed by atoms with Crippen LogP contribution in [-0.4, -0.2) is 25.8 Å². The minimum atomic E-state index is 0.423. The second-order valence-electron chi connectivity index (χ2n) is 5.52. The predicted molar refractivity (Wildman–Crippen MR) is 58.3 cm³/mol. The Labute approximate surface area is 87.4 Å². The van der Waals surface area contributed by atoms with E-state index in [1.807, 2.05) is 0 Å². The highest BCUT2D eigenvalue weighted by molar-refractivity contribution is 4.86. The van der Waals surface area contributed by atoms with Crippen LogP contribution in [0.3, 0.4) is 0 Å². The smallest absolute Gasteiger partial charge is 0.0554 e. The van der Waals surface area contributed by atoms with Gasteiger partial charge in [-0.15, -0.1) is 0 Å². The van der Waals surface area contributed by atoms with Gasteiger partial charge in [0, 0.05) is 18.0 Å². The standard InChI is InChI=1S/C12H23NO/c1-10(11-5-3-4-6-11)13-7-12(2)8-14-9-12/h10-11,13H,3-9H2,1-2H3. The van der Waals surface area contributed by atoms with E-state index < -0.39 is 0 Å². The van der Waals surface area contributed by atoms with Crippen LogP contribution in [0.5, 0.6) is 0 Å². The first-order valence-electron chi connectivity index (χ1n) is 6.01. The summed E-state index contributed by atoms with van der Waals surface area (Å²) >= 11 is 0. The molecule has 1 aliphatic heterocycles. The van der Waals surface area contributed by atoms with Crippen molar-refractivity contribution in [2.45, 2.75) is 45.6 Å². The number of rotatable bonds is 4. The Hall–Kier alpha value is -0.0800. The summed E-state index contributed by atoms with van der Waals surface area (Å²) in [7, 11) is 0. The molecule has 1 aliphatic carbocycles.